The molecule has 0 aliphatic carbocycles. The molecular weight excluding hydrogens is 246 g/mol. The third-order valence-electron chi connectivity index (χ3n) is 3.69. The number of thioether (sulfide) groups is 1. The molecule has 2 rings (SSSR count). The van der Waals surface area contributed by atoms with Gasteiger partial charge in [0.05, 0.1) is 24.9 Å². The van der Waals surface area contributed by atoms with E-state index in [0.717, 1.165) is 24.3 Å². The zero-order valence-electron chi connectivity index (χ0n) is 11.0. The lowest BCUT2D eigenvalue weighted by molar-refractivity contribution is 0.198. The molecule has 1 fully saturated rings. The first-order valence-corrected chi connectivity index (χ1v) is 7.40. The number of para-hydroxylation sites is 2. The first-order valence-electron chi connectivity index (χ1n) is 6.35. The summed E-state index contributed by atoms with van der Waals surface area (Å²) >= 11 is 1.92. The maximum absolute atomic E-state index is 9.82. The number of aliphatic hydroxyl groups excluding tert-OH is 1. The van der Waals surface area contributed by atoms with E-state index in [2.05, 4.69) is 12.2 Å². The van der Waals surface area contributed by atoms with Crippen LogP contribution in [0.3, 0.4) is 0 Å². The average Bonchev–Trinajstić information content (AvgIpc) is 2.42. The molecule has 0 aromatic heterocycles. The van der Waals surface area contributed by atoms with Crippen LogP contribution in [0, 0.1) is 0 Å². The van der Waals surface area contributed by atoms with Gasteiger partial charge in [-0.1, -0.05) is 19.1 Å². The molecule has 2 unspecified atom stereocenters. The molecule has 2 N–H and O–H groups in total. The van der Waals surface area contributed by atoms with Crippen molar-refractivity contribution in [2.24, 2.45) is 0 Å². The van der Waals surface area contributed by atoms with Gasteiger partial charge in [-0.05, 0) is 30.7 Å². The minimum atomic E-state index is -0.239. The molecular formula is C14H21NO2S. The van der Waals surface area contributed by atoms with Crippen LogP contribution in [0.2, 0.25) is 0 Å². The quantitative estimate of drug-likeness (QED) is 0.880. The van der Waals surface area contributed by atoms with E-state index in [-0.39, 0.29) is 12.1 Å². The highest BCUT2D eigenvalue weighted by molar-refractivity contribution is 8.00. The van der Waals surface area contributed by atoms with Crippen LogP contribution < -0.4 is 10.1 Å². The second-order valence-corrected chi connectivity index (χ2v) is 6.20. The van der Waals surface area contributed by atoms with Crippen LogP contribution >= 0.6 is 11.8 Å². The minimum absolute atomic E-state index is 0.152. The molecule has 2 atom stereocenters. The van der Waals surface area contributed by atoms with E-state index < -0.39 is 0 Å². The maximum Gasteiger partial charge on any atom is 0.141 e. The largest absolute Gasteiger partial charge is 0.495 e. The number of hydrogen-bond acceptors (Lipinski definition) is 4. The fourth-order valence-corrected chi connectivity index (χ4v) is 3.67. The van der Waals surface area contributed by atoms with Crippen LogP contribution in [0.15, 0.2) is 24.3 Å². The van der Waals surface area contributed by atoms with Gasteiger partial charge in [-0.25, -0.2) is 0 Å². The predicted molar refractivity (Wildman–Crippen MR) is 77.6 cm³/mol. The van der Waals surface area contributed by atoms with Crippen LogP contribution in [-0.2, 0) is 0 Å². The van der Waals surface area contributed by atoms with E-state index >= 15 is 0 Å². The van der Waals surface area contributed by atoms with Gasteiger partial charge in [0.15, 0.2) is 0 Å². The number of benzene rings is 1. The average molecular weight is 267 g/mol. The first-order chi connectivity index (χ1) is 8.72. The van der Waals surface area contributed by atoms with Crippen molar-refractivity contribution >= 4 is 17.4 Å². The molecule has 1 saturated heterocycles. The lowest BCUT2D eigenvalue weighted by Gasteiger charge is -2.42. The molecule has 1 aliphatic heterocycles. The monoisotopic (exact) mass is 267 g/mol. The Kier molecular flexibility index (Phi) is 4.40. The van der Waals surface area contributed by atoms with E-state index in [9.17, 15) is 5.11 Å². The number of hydrogen-bond donors (Lipinski definition) is 2. The molecule has 100 valence electrons. The molecule has 1 aromatic rings. The Morgan fingerprint density at radius 2 is 2.28 bits per heavy atom. The Morgan fingerprint density at radius 3 is 2.94 bits per heavy atom. The molecule has 4 heteroatoms. The van der Waals surface area contributed by atoms with Crippen molar-refractivity contribution in [1.82, 2.24) is 0 Å². The van der Waals surface area contributed by atoms with Crippen molar-refractivity contribution < 1.29 is 9.84 Å². The summed E-state index contributed by atoms with van der Waals surface area (Å²) in [6, 6.07) is 7.88. The van der Waals surface area contributed by atoms with Crippen molar-refractivity contribution in [3.63, 3.8) is 0 Å². The minimum Gasteiger partial charge on any atom is -0.495 e. The van der Waals surface area contributed by atoms with Crippen molar-refractivity contribution in [2.45, 2.75) is 30.6 Å². The van der Waals surface area contributed by atoms with Crippen molar-refractivity contribution in [2.75, 3.05) is 24.8 Å². The maximum atomic E-state index is 9.82. The van der Waals surface area contributed by atoms with Crippen molar-refractivity contribution in [3.05, 3.63) is 24.3 Å². The van der Waals surface area contributed by atoms with Crippen LogP contribution in [-0.4, -0.2) is 35.4 Å². The predicted octanol–water partition coefficient (Wildman–Crippen LogP) is 2.75. The third kappa shape index (κ3) is 2.59. The van der Waals surface area contributed by atoms with Gasteiger partial charge in [-0.15, -0.1) is 0 Å². The Hall–Kier alpha value is -0.870. The van der Waals surface area contributed by atoms with Gasteiger partial charge >= 0.3 is 0 Å². The summed E-state index contributed by atoms with van der Waals surface area (Å²) in [7, 11) is 1.67. The molecule has 0 spiro atoms. The number of nitrogens with one attached hydrogen (secondary N) is 1. The summed E-state index contributed by atoms with van der Waals surface area (Å²) in [5.74, 6) is 2.00. The summed E-state index contributed by atoms with van der Waals surface area (Å²) in [4.78, 5) is 0. The molecule has 1 aliphatic rings. The molecule has 0 bridgehead atoms. The molecule has 0 radical (unpaired) electrons. The summed E-state index contributed by atoms with van der Waals surface area (Å²) in [5.41, 5.74) is 0.723. The van der Waals surface area contributed by atoms with E-state index in [1.807, 2.05) is 36.0 Å². The number of aliphatic hydroxyl groups is 1. The Bertz CT molecular complexity index is 399. The molecule has 0 amide bonds. The van der Waals surface area contributed by atoms with E-state index in [1.165, 1.54) is 5.75 Å². The van der Waals surface area contributed by atoms with Gasteiger partial charge in [0.1, 0.15) is 5.75 Å². The zero-order valence-corrected chi connectivity index (χ0v) is 11.8. The van der Waals surface area contributed by atoms with Crippen LogP contribution in [0.4, 0.5) is 5.69 Å². The van der Waals surface area contributed by atoms with Gasteiger partial charge in [-0.2, -0.15) is 11.8 Å². The Labute approximate surface area is 113 Å². The lowest BCUT2D eigenvalue weighted by Crippen LogP contribution is -2.52. The fourth-order valence-electron chi connectivity index (χ4n) is 2.44. The van der Waals surface area contributed by atoms with Gasteiger partial charge in [0.25, 0.3) is 0 Å². The lowest BCUT2D eigenvalue weighted by atomic mass is 9.90. The Balaban J connectivity index is 2.24. The van der Waals surface area contributed by atoms with Crippen molar-refractivity contribution in [3.8, 4) is 5.75 Å². The summed E-state index contributed by atoms with van der Waals surface area (Å²) in [5, 5.41) is 13.7. The second kappa shape index (κ2) is 5.85. The highest BCUT2D eigenvalue weighted by atomic mass is 32.2. The van der Waals surface area contributed by atoms with Crippen LogP contribution in [0.5, 0.6) is 5.75 Å². The molecule has 3 nitrogen and oxygen atoms in total. The smallest absolute Gasteiger partial charge is 0.141 e. The van der Waals surface area contributed by atoms with E-state index in [0.29, 0.717) is 5.25 Å². The summed E-state index contributed by atoms with van der Waals surface area (Å²) in [6.07, 6.45) is 2.13. The fraction of sp³-hybridized carbons (Fsp3) is 0.571. The molecule has 0 saturated carbocycles. The van der Waals surface area contributed by atoms with E-state index in [4.69, 9.17) is 4.74 Å². The number of anilines is 1. The van der Waals surface area contributed by atoms with Gasteiger partial charge in [0.2, 0.25) is 0 Å². The first kappa shape index (κ1) is 13.6. The van der Waals surface area contributed by atoms with Crippen LogP contribution in [0.1, 0.15) is 19.8 Å². The van der Waals surface area contributed by atoms with Crippen molar-refractivity contribution in [1.29, 1.82) is 0 Å². The van der Waals surface area contributed by atoms with E-state index in [1.54, 1.807) is 7.11 Å². The van der Waals surface area contributed by atoms with Gasteiger partial charge in [-0.3, -0.25) is 0 Å². The number of methoxy groups -OCH3 is 1. The zero-order chi connectivity index (χ0) is 13.0. The number of ether oxygens (including phenoxy) is 1. The number of rotatable bonds is 4. The standard InChI is InChI=1S/C14H21NO2S/c1-11-14(10-16,8-5-9-18-11)15-12-6-3-4-7-13(12)17-2/h3-4,6-7,11,15-16H,5,8-10H2,1-2H3. The normalized spacial score (nSPS) is 27.8. The third-order valence-corrected chi connectivity index (χ3v) is 5.16. The second-order valence-electron chi connectivity index (χ2n) is 4.76. The molecule has 18 heavy (non-hydrogen) atoms. The highest BCUT2D eigenvalue weighted by Gasteiger charge is 2.38. The van der Waals surface area contributed by atoms with Gasteiger partial charge < -0.3 is 15.2 Å². The summed E-state index contributed by atoms with van der Waals surface area (Å²) in [6.45, 7) is 2.33. The SMILES string of the molecule is COc1ccccc1NC1(CO)CCCSC1C. The molecule has 1 heterocycles. The summed E-state index contributed by atoms with van der Waals surface area (Å²) < 4.78 is 5.36. The topological polar surface area (TPSA) is 41.5 Å². The van der Waals surface area contributed by atoms with Gasteiger partial charge in [0, 0.05) is 5.25 Å². The Morgan fingerprint density at radius 1 is 1.50 bits per heavy atom. The highest BCUT2D eigenvalue weighted by Crippen LogP contribution is 2.38. The van der Waals surface area contributed by atoms with Crippen LogP contribution in [0.25, 0.3) is 0 Å². The molecule has 1 aromatic carbocycles.